The molecule has 0 radical (unpaired) electrons. The van der Waals surface area contributed by atoms with Crippen molar-refractivity contribution < 1.29 is 4.74 Å². The van der Waals surface area contributed by atoms with Gasteiger partial charge in [-0.15, -0.1) is 0 Å². The first-order chi connectivity index (χ1) is 8.69. The van der Waals surface area contributed by atoms with Crippen molar-refractivity contribution >= 4 is 15.9 Å². The molecule has 0 aliphatic rings. The van der Waals surface area contributed by atoms with Crippen molar-refractivity contribution in [3.8, 4) is 11.5 Å². The van der Waals surface area contributed by atoms with Crippen molar-refractivity contribution in [2.24, 2.45) is 5.73 Å². The van der Waals surface area contributed by atoms with Gasteiger partial charge in [0.05, 0.1) is 0 Å². The first-order valence-corrected chi connectivity index (χ1v) is 6.71. The highest BCUT2D eigenvalue weighted by atomic mass is 79.9. The minimum absolute atomic E-state index is 0.672. The molecule has 18 heavy (non-hydrogen) atoms. The molecule has 2 aromatic rings. The third kappa shape index (κ3) is 3.34. The van der Waals surface area contributed by atoms with Gasteiger partial charge in [0.1, 0.15) is 11.5 Å². The summed E-state index contributed by atoms with van der Waals surface area (Å²) in [4.78, 5) is 0. The molecule has 0 amide bonds. The highest BCUT2D eigenvalue weighted by molar-refractivity contribution is 9.10. The molecule has 0 aliphatic heterocycles. The second-order valence-electron chi connectivity index (χ2n) is 4.20. The Morgan fingerprint density at radius 1 is 1.17 bits per heavy atom. The first kappa shape index (κ1) is 13.1. The van der Waals surface area contributed by atoms with E-state index in [4.69, 9.17) is 10.5 Å². The molecule has 0 aromatic heterocycles. The lowest BCUT2D eigenvalue weighted by Crippen LogP contribution is -2.02. The van der Waals surface area contributed by atoms with Gasteiger partial charge in [0.15, 0.2) is 0 Å². The van der Waals surface area contributed by atoms with Gasteiger partial charge < -0.3 is 10.5 Å². The van der Waals surface area contributed by atoms with Crippen molar-refractivity contribution in [2.75, 3.05) is 6.54 Å². The molecule has 0 unspecified atom stereocenters. The van der Waals surface area contributed by atoms with Crippen LogP contribution in [0.4, 0.5) is 0 Å². The fourth-order valence-corrected chi connectivity index (χ4v) is 2.18. The highest BCUT2D eigenvalue weighted by Crippen LogP contribution is 2.27. The van der Waals surface area contributed by atoms with Crippen molar-refractivity contribution in [3.05, 3.63) is 58.1 Å². The largest absolute Gasteiger partial charge is 0.457 e. The lowest BCUT2D eigenvalue weighted by Gasteiger charge is -2.10. The summed E-state index contributed by atoms with van der Waals surface area (Å²) in [5, 5.41) is 0. The summed E-state index contributed by atoms with van der Waals surface area (Å²) < 4.78 is 6.87. The van der Waals surface area contributed by atoms with Gasteiger partial charge in [0.2, 0.25) is 0 Å². The lowest BCUT2D eigenvalue weighted by atomic mass is 10.1. The average molecular weight is 306 g/mol. The van der Waals surface area contributed by atoms with E-state index in [1.807, 2.05) is 37.3 Å². The van der Waals surface area contributed by atoms with Crippen LogP contribution in [0, 0.1) is 6.92 Å². The van der Waals surface area contributed by atoms with Gasteiger partial charge in [-0.25, -0.2) is 0 Å². The van der Waals surface area contributed by atoms with Crippen LogP contribution in [0.3, 0.4) is 0 Å². The molecule has 0 saturated carbocycles. The quantitative estimate of drug-likeness (QED) is 0.925. The topological polar surface area (TPSA) is 35.2 Å². The Kier molecular flexibility index (Phi) is 4.39. The van der Waals surface area contributed by atoms with E-state index in [1.54, 1.807) is 0 Å². The molecule has 0 atom stereocenters. The summed E-state index contributed by atoms with van der Waals surface area (Å²) in [7, 11) is 0. The van der Waals surface area contributed by atoms with Gasteiger partial charge >= 0.3 is 0 Å². The summed E-state index contributed by atoms with van der Waals surface area (Å²) in [5.41, 5.74) is 7.93. The van der Waals surface area contributed by atoms with Gasteiger partial charge in [-0.05, 0) is 55.3 Å². The van der Waals surface area contributed by atoms with E-state index in [-0.39, 0.29) is 0 Å². The van der Waals surface area contributed by atoms with E-state index < -0.39 is 0 Å². The standard InChI is InChI=1S/C15H16BrNO/c1-11-9-12(7-8-17)5-6-15(11)18-14-4-2-3-13(16)10-14/h2-6,9-10H,7-8,17H2,1H3. The molecule has 2 nitrogen and oxygen atoms in total. The van der Waals surface area contributed by atoms with Crippen LogP contribution in [0.25, 0.3) is 0 Å². The van der Waals surface area contributed by atoms with Crippen molar-refractivity contribution in [1.29, 1.82) is 0 Å². The Morgan fingerprint density at radius 3 is 2.67 bits per heavy atom. The van der Waals surface area contributed by atoms with Gasteiger partial charge in [-0.2, -0.15) is 0 Å². The average Bonchev–Trinajstić information content (AvgIpc) is 2.33. The Labute approximate surface area is 116 Å². The zero-order chi connectivity index (χ0) is 13.0. The van der Waals surface area contributed by atoms with Crippen LogP contribution in [0.2, 0.25) is 0 Å². The van der Waals surface area contributed by atoms with Gasteiger partial charge in [-0.3, -0.25) is 0 Å². The molecule has 3 heteroatoms. The molecule has 0 aliphatic carbocycles. The fourth-order valence-electron chi connectivity index (χ4n) is 1.81. The van der Waals surface area contributed by atoms with E-state index in [2.05, 4.69) is 28.1 Å². The molecule has 0 heterocycles. The maximum absolute atomic E-state index is 5.86. The fraction of sp³-hybridized carbons (Fsp3) is 0.200. The van der Waals surface area contributed by atoms with E-state index in [0.717, 1.165) is 28.0 Å². The minimum Gasteiger partial charge on any atom is -0.457 e. The zero-order valence-electron chi connectivity index (χ0n) is 10.3. The molecular formula is C15H16BrNO. The monoisotopic (exact) mass is 305 g/mol. The van der Waals surface area contributed by atoms with Gasteiger partial charge in [-0.1, -0.05) is 34.1 Å². The smallest absolute Gasteiger partial charge is 0.130 e. The molecule has 0 fully saturated rings. The molecule has 0 saturated heterocycles. The second-order valence-corrected chi connectivity index (χ2v) is 5.11. The molecule has 2 rings (SSSR count). The van der Waals surface area contributed by atoms with Crippen LogP contribution in [0.5, 0.6) is 11.5 Å². The van der Waals surface area contributed by atoms with E-state index in [1.165, 1.54) is 5.56 Å². The number of hydrogen-bond donors (Lipinski definition) is 1. The molecule has 0 spiro atoms. The Morgan fingerprint density at radius 2 is 2.00 bits per heavy atom. The van der Waals surface area contributed by atoms with Crippen LogP contribution in [-0.2, 0) is 6.42 Å². The number of ether oxygens (including phenoxy) is 1. The summed E-state index contributed by atoms with van der Waals surface area (Å²) in [6, 6.07) is 14.0. The Hall–Kier alpha value is -1.32. The van der Waals surface area contributed by atoms with Gasteiger partial charge in [0, 0.05) is 4.47 Å². The van der Waals surface area contributed by atoms with Crippen molar-refractivity contribution in [2.45, 2.75) is 13.3 Å². The van der Waals surface area contributed by atoms with Crippen LogP contribution < -0.4 is 10.5 Å². The number of nitrogens with two attached hydrogens (primary N) is 1. The molecule has 94 valence electrons. The van der Waals surface area contributed by atoms with Crippen LogP contribution >= 0.6 is 15.9 Å². The predicted octanol–water partition coefficient (Wildman–Crippen LogP) is 4.05. The maximum atomic E-state index is 5.86. The third-order valence-corrected chi connectivity index (χ3v) is 3.19. The van der Waals surface area contributed by atoms with Crippen LogP contribution in [0.15, 0.2) is 46.9 Å². The van der Waals surface area contributed by atoms with E-state index >= 15 is 0 Å². The predicted molar refractivity (Wildman–Crippen MR) is 78.2 cm³/mol. The summed E-state index contributed by atoms with van der Waals surface area (Å²) in [6.07, 6.45) is 0.901. The second kappa shape index (κ2) is 6.03. The first-order valence-electron chi connectivity index (χ1n) is 5.92. The molecule has 0 bridgehead atoms. The zero-order valence-corrected chi connectivity index (χ0v) is 11.9. The SMILES string of the molecule is Cc1cc(CCN)ccc1Oc1cccc(Br)c1. The van der Waals surface area contributed by atoms with E-state index in [0.29, 0.717) is 6.54 Å². The highest BCUT2D eigenvalue weighted by Gasteiger charge is 2.03. The summed E-state index contributed by atoms with van der Waals surface area (Å²) in [5.74, 6) is 1.72. The van der Waals surface area contributed by atoms with Crippen LogP contribution in [0.1, 0.15) is 11.1 Å². The number of benzene rings is 2. The maximum Gasteiger partial charge on any atom is 0.130 e. The number of halogens is 1. The van der Waals surface area contributed by atoms with Gasteiger partial charge in [0.25, 0.3) is 0 Å². The number of rotatable bonds is 4. The van der Waals surface area contributed by atoms with Crippen molar-refractivity contribution in [3.63, 3.8) is 0 Å². The molecule has 2 N–H and O–H groups in total. The lowest BCUT2D eigenvalue weighted by molar-refractivity contribution is 0.478. The third-order valence-electron chi connectivity index (χ3n) is 2.70. The molecular weight excluding hydrogens is 290 g/mol. The van der Waals surface area contributed by atoms with Crippen LogP contribution in [-0.4, -0.2) is 6.54 Å². The number of hydrogen-bond acceptors (Lipinski definition) is 2. The summed E-state index contributed by atoms with van der Waals surface area (Å²) >= 11 is 3.43. The number of aryl methyl sites for hydroxylation is 1. The molecule has 2 aromatic carbocycles. The minimum atomic E-state index is 0.672. The van der Waals surface area contributed by atoms with Crippen molar-refractivity contribution in [1.82, 2.24) is 0 Å². The summed E-state index contributed by atoms with van der Waals surface area (Å²) in [6.45, 7) is 2.72. The normalized spacial score (nSPS) is 10.4. The Balaban J connectivity index is 2.19. The van der Waals surface area contributed by atoms with E-state index in [9.17, 15) is 0 Å². The Bertz CT molecular complexity index is 540.